The Morgan fingerprint density at radius 1 is 1.16 bits per heavy atom. The molecule has 1 N–H and O–H groups in total. The number of hydrogen-bond donors (Lipinski definition) is 1. The van der Waals surface area contributed by atoms with Crippen molar-refractivity contribution in [3.05, 3.63) is 58.7 Å². The second-order valence-electron chi connectivity index (χ2n) is 7.39. The number of rotatable bonds is 6. The first-order chi connectivity index (χ1) is 14.8. The van der Waals surface area contributed by atoms with Gasteiger partial charge in [0.2, 0.25) is 0 Å². The van der Waals surface area contributed by atoms with Crippen LogP contribution in [0.25, 0.3) is 6.08 Å². The number of para-hydroxylation sites is 1. The van der Waals surface area contributed by atoms with Gasteiger partial charge in [0.05, 0.1) is 18.9 Å². The number of anilines is 1. The van der Waals surface area contributed by atoms with Crippen LogP contribution in [0.2, 0.25) is 0 Å². The number of amides is 2. The van der Waals surface area contributed by atoms with Crippen LogP contribution in [-0.2, 0) is 9.59 Å². The maximum Gasteiger partial charge on any atom is 0.270 e. The summed E-state index contributed by atoms with van der Waals surface area (Å²) in [5.41, 5.74) is 3.12. The highest BCUT2D eigenvalue weighted by molar-refractivity contribution is 7.80. The van der Waals surface area contributed by atoms with Crippen LogP contribution in [0.15, 0.2) is 42.0 Å². The van der Waals surface area contributed by atoms with Gasteiger partial charge in [0.25, 0.3) is 11.8 Å². The highest BCUT2D eigenvalue weighted by Crippen LogP contribution is 2.35. The first-order valence-corrected chi connectivity index (χ1v) is 10.5. The van der Waals surface area contributed by atoms with Gasteiger partial charge in [-0.2, -0.15) is 0 Å². The predicted molar refractivity (Wildman–Crippen MR) is 125 cm³/mol. The fraction of sp³-hybridized carbons (Fsp3) is 0.292. The SMILES string of the molecule is CC[C@@H](C)Oc1c(/C=C2\C(=O)NC(=S)N(c3cccc(C)c3C)C2=O)cccc1OC. The number of hydrogen-bond acceptors (Lipinski definition) is 5. The number of carbonyl (C=O) groups is 2. The fourth-order valence-corrected chi connectivity index (χ4v) is 3.50. The van der Waals surface area contributed by atoms with E-state index in [1.807, 2.05) is 45.9 Å². The van der Waals surface area contributed by atoms with Crippen LogP contribution in [0.1, 0.15) is 37.0 Å². The molecular formula is C24H26N2O4S. The van der Waals surface area contributed by atoms with E-state index in [-0.39, 0.29) is 16.8 Å². The molecule has 0 aliphatic carbocycles. The minimum Gasteiger partial charge on any atom is -0.493 e. The molecule has 6 nitrogen and oxygen atoms in total. The Morgan fingerprint density at radius 2 is 1.87 bits per heavy atom. The van der Waals surface area contributed by atoms with E-state index in [1.165, 1.54) is 11.0 Å². The summed E-state index contributed by atoms with van der Waals surface area (Å²) in [6.07, 6.45) is 2.25. The molecule has 2 aromatic carbocycles. The molecule has 1 atom stereocenters. The molecule has 162 valence electrons. The van der Waals surface area contributed by atoms with Gasteiger partial charge in [-0.3, -0.25) is 19.8 Å². The number of ether oxygens (including phenoxy) is 2. The molecule has 0 spiro atoms. The Kier molecular flexibility index (Phi) is 6.75. The normalized spacial score (nSPS) is 16.4. The van der Waals surface area contributed by atoms with Crippen LogP contribution in [-0.4, -0.2) is 30.1 Å². The van der Waals surface area contributed by atoms with Gasteiger partial charge >= 0.3 is 0 Å². The molecular weight excluding hydrogens is 412 g/mol. The van der Waals surface area contributed by atoms with Gasteiger partial charge in [0, 0.05) is 5.56 Å². The third kappa shape index (κ3) is 4.46. The molecule has 0 radical (unpaired) electrons. The second-order valence-corrected chi connectivity index (χ2v) is 7.78. The van der Waals surface area contributed by atoms with E-state index in [0.717, 1.165) is 17.5 Å². The number of thiocarbonyl (C=S) groups is 1. The first-order valence-electron chi connectivity index (χ1n) is 10.1. The Labute approximate surface area is 187 Å². The molecule has 1 aliphatic rings. The van der Waals surface area contributed by atoms with E-state index in [4.69, 9.17) is 21.7 Å². The van der Waals surface area contributed by atoms with Crippen LogP contribution in [0.4, 0.5) is 5.69 Å². The monoisotopic (exact) mass is 438 g/mol. The quantitative estimate of drug-likeness (QED) is 0.413. The molecule has 3 rings (SSSR count). The molecule has 0 bridgehead atoms. The van der Waals surface area contributed by atoms with Gasteiger partial charge < -0.3 is 9.47 Å². The molecule has 1 saturated heterocycles. The number of aryl methyl sites for hydroxylation is 1. The van der Waals surface area contributed by atoms with Crippen LogP contribution >= 0.6 is 12.2 Å². The maximum atomic E-state index is 13.4. The van der Waals surface area contributed by atoms with Crippen molar-refractivity contribution in [3.63, 3.8) is 0 Å². The number of methoxy groups -OCH3 is 1. The van der Waals surface area contributed by atoms with Crippen molar-refractivity contribution in [2.24, 2.45) is 0 Å². The Bertz CT molecular complexity index is 1080. The number of nitrogens with zero attached hydrogens (tertiary/aromatic N) is 1. The lowest BCUT2D eigenvalue weighted by molar-refractivity contribution is -0.122. The zero-order valence-corrected chi connectivity index (χ0v) is 19.1. The first kappa shape index (κ1) is 22.5. The van der Waals surface area contributed by atoms with E-state index in [2.05, 4.69) is 5.32 Å². The molecule has 1 heterocycles. The Balaban J connectivity index is 2.10. The minimum atomic E-state index is -0.547. The Hall–Kier alpha value is -3.19. The average molecular weight is 439 g/mol. The number of benzene rings is 2. The summed E-state index contributed by atoms with van der Waals surface area (Å²) in [7, 11) is 1.55. The van der Waals surface area contributed by atoms with E-state index >= 15 is 0 Å². The van der Waals surface area contributed by atoms with Gasteiger partial charge in [-0.05, 0) is 68.7 Å². The molecule has 0 aromatic heterocycles. The lowest BCUT2D eigenvalue weighted by atomic mass is 10.0. The summed E-state index contributed by atoms with van der Waals surface area (Å²) >= 11 is 5.32. The largest absolute Gasteiger partial charge is 0.493 e. The maximum absolute atomic E-state index is 13.4. The van der Waals surface area contributed by atoms with E-state index in [1.54, 1.807) is 25.3 Å². The van der Waals surface area contributed by atoms with Gasteiger partial charge in [0.15, 0.2) is 16.6 Å². The second kappa shape index (κ2) is 9.31. The van der Waals surface area contributed by atoms with Crippen molar-refractivity contribution < 1.29 is 19.1 Å². The summed E-state index contributed by atoms with van der Waals surface area (Å²) in [4.78, 5) is 27.5. The van der Waals surface area contributed by atoms with Crippen molar-refractivity contribution in [1.29, 1.82) is 0 Å². The molecule has 31 heavy (non-hydrogen) atoms. The summed E-state index contributed by atoms with van der Waals surface area (Å²) < 4.78 is 11.5. The predicted octanol–water partition coefficient (Wildman–Crippen LogP) is 4.32. The molecule has 2 aromatic rings. The summed E-state index contributed by atoms with van der Waals surface area (Å²) in [5.74, 6) is -0.0206. The molecule has 2 amide bonds. The van der Waals surface area contributed by atoms with Gasteiger partial charge in [-0.25, -0.2) is 0 Å². The van der Waals surface area contributed by atoms with Crippen molar-refractivity contribution in [3.8, 4) is 11.5 Å². The van der Waals surface area contributed by atoms with Gasteiger partial charge in [0.1, 0.15) is 5.57 Å². The lowest BCUT2D eigenvalue weighted by Gasteiger charge is -2.30. The standard InChI is InChI=1S/C24H26N2O4S/c1-6-15(3)30-21-17(10-8-12-20(21)29-5)13-18-22(27)25-24(31)26(23(18)28)19-11-7-9-14(2)16(19)4/h7-13,15H,6H2,1-5H3,(H,25,27,31)/b18-13+/t15-/m1/s1. The minimum absolute atomic E-state index is 0.0308. The van der Waals surface area contributed by atoms with Crippen LogP contribution in [0.5, 0.6) is 11.5 Å². The number of carbonyl (C=O) groups excluding carboxylic acids is 2. The summed E-state index contributed by atoms with van der Waals surface area (Å²) in [5, 5.41) is 2.69. The molecule has 1 fully saturated rings. The number of nitrogens with one attached hydrogen (secondary N) is 1. The lowest BCUT2D eigenvalue weighted by Crippen LogP contribution is -2.54. The van der Waals surface area contributed by atoms with Crippen LogP contribution < -0.4 is 19.7 Å². The smallest absolute Gasteiger partial charge is 0.270 e. The molecule has 7 heteroatoms. The zero-order valence-electron chi connectivity index (χ0n) is 18.3. The molecule has 0 saturated carbocycles. The van der Waals surface area contributed by atoms with E-state index < -0.39 is 11.8 Å². The third-order valence-electron chi connectivity index (χ3n) is 5.34. The van der Waals surface area contributed by atoms with E-state index in [0.29, 0.717) is 22.7 Å². The van der Waals surface area contributed by atoms with Gasteiger partial charge in [-0.1, -0.05) is 31.2 Å². The van der Waals surface area contributed by atoms with E-state index in [9.17, 15) is 9.59 Å². The average Bonchev–Trinajstić information content (AvgIpc) is 2.74. The zero-order chi connectivity index (χ0) is 22.7. The van der Waals surface area contributed by atoms with Crippen LogP contribution in [0.3, 0.4) is 0 Å². The van der Waals surface area contributed by atoms with Crippen molar-refractivity contribution in [2.75, 3.05) is 12.0 Å². The molecule has 0 unspecified atom stereocenters. The van der Waals surface area contributed by atoms with Gasteiger partial charge in [-0.15, -0.1) is 0 Å². The van der Waals surface area contributed by atoms with Crippen LogP contribution in [0, 0.1) is 13.8 Å². The topological polar surface area (TPSA) is 67.9 Å². The van der Waals surface area contributed by atoms with Crippen molar-refractivity contribution in [1.82, 2.24) is 5.32 Å². The third-order valence-corrected chi connectivity index (χ3v) is 5.63. The van der Waals surface area contributed by atoms with Crippen molar-refractivity contribution >= 4 is 40.9 Å². The Morgan fingerprint density at radius 3 is 2.55 bits per heavy atom. The fourth-order valence-electron chi connectivity index (χ4n) is 3.23. The van der Waals surface area contributed by atoms with Crippen molar-refractivity contribution in [2.45, 2.75) is 40.2 Å². The highest BCUT2D eigenvalue weighted by Gasteiger charge is 2.35. The molecule has 1 aliphatic heterocycles. The summed E-state index contributed by atoms with van der Waals surface area (Å²) in [6.45, 7) is 7.84. The highest BCUT2D eigenvalue weighted by atomic mass is 32.1. The summed E-state index contributed by atoms with van der Waals surface area (Å²) in [6, 6.07) is 11.0.